The molecule has 15 heavy (non-hydrogen) atoms. The molecular weight excluding hydrogens is 190 g/mol. The number of nitrogens with one attached hydrogen (secondary N) is 1. The van der Waals surface area contributed by atoms with Crippen LogP contribution in [0.25, 0.3) is 0 Å². The van der Waals surface area contributed by atoms with E-state index in [1.165, 1.54) is 25.7 Å². The fourth-order valence-electron chi connectivity index (χ4n) is 2.18. The van der Waals surface area contributed by atoms with Gasteiger partial charge in [0.25, 0.3) is 0 Å². The molecule has 0 bridgehead atoms. The van der Waals surface area contributed by atoms with Crippen molar-refractivity contribution < 1.29 is 4.79 Å². The highest BCUT2D eigenvalue weighted by atomic mass is 16.2. The Bertz CT molecular complexity index is 248. The highest BCUT2D eigenvalue weighted by molar-refractivity contribution is 5.88. The van der Waals surface area contributed by atoms with Crippen LogP contribution >= 0.6 is 0 Å². The molecule has 1 saturated carbocycles. The lowest BCUT2D eigenvalue weighted by Gasteiger charge is -2.20. The predicted octanol–water partition coefficient (Wildman–Crippen LogP) is 2.25. The molecule has 0 aromatic carbocycles. The fraction of sp³-hybridized carbons (Fsp3) is 0.818. The van der Waals surface area contributed by atoms with Gasteiger partial charge in [-0.25, -0.2) is 10.2 Å². The molecule has 3 N–H and O–H groups in total. The van der Waals surface area contributed by atoms with E-state index in [1.54, 1.807) is 0 Å². The van der Waals surface area contributed by atoms with Crippen LogP contribution in [0.2, 0.25) is 0 Å². The lowest BCUT2D eigenvalue weighted by molar-refractivity contribution is 0.249. The first kappa shape index (κ1) is 12.0. The summed E-state index contributed by atoms with van der Waals surface area (Å²) in [6, 6.07) is -0.575. The third kappa shape index (κ3) is 3.90. The second kappa shape index (κ2) is 5.73. The van der Waals surface area contributed by atoms with Crippen LogP contribution in [-0.4, -0.2) is 11.7 Å². The van der Waals surface area contributed by atoms with Crippen LogP contribution in [0.5, 0.6) is 0 Å². The number of hydrogen-bond donors (Lipinski definition) is 2. The second-order valence-electron chi connectivity index (χ2n) is 4.53. The number of nitrogens with zero attached hydrogens (tertiary/aromatic N) is 1. The molecule has 1 aliphatic carbocycles. The quantitative estimate of drug-likeness (QED) is 0.534. The van der Waals surface area contributed by atoms with Gasteiger partial charge in [0.15, 0.2) is 0 Å². The minimum atomic E-state index is -0.575. The number of carbonyl (C=O) groups excluding carboxylic acids is 1. The van der Waals surface area contributed by atoms with Gasteiger partial charge >= 0.3 is 6.03 Å². The Kier molecular flexibility index (Phi) is 4.59. The largest absolute Gasteiger partial charge is 0.350 e. The molecule has 4 nitrogen and oxygen atoms in total. The maximum Gasteiger partial charge on any atom is 0.332 e. The minimum absolute atomic E-state index is 0.499. The SMILES string of the molecule is CC(C)C1CCCCCC1=NNC(N)=O. The van der Waals surface area contributed by atoms with Crippen molar-refractivity contribution in [1.29, 1.82) is 0 Å². The number of primary amides is 1. The molecule has 4 heteroatoms. The lowest BCUT2D eigenvalue weighted by Crippen LogP contribution is -2.28. The summed E-state index contributed by atoms with van der Waals surface area (Å²) in [5.41, 5.74) is 8.48. The Morgan fingerprint density at radius 3 is 2.80 bits per heavy atom. The Balaban J connectivity index is 2.69. The van der Waals surface area contributed by atoms with Gasteiger partial charge in [-0.2, -0.15) is 5.10 Å². The van der Waals surface area contributed by atoms with Crippen molar-refractivity contribution in [2.75, 3.05) is 0 Å². The van der Waals surface area contributed by atoms with Crippen molar-refractivity contribution in [1.82, 2.24) is 5.43 Å². The Labute approximate surface area is 91.3 Å². The zero-order valence-electron chi connectivity index (χ0n) is 9.62. The zero-order chi connectivity index (χ0) is 11.3. The van der Waals surface area contributed by atoms with Crippen LogP contribution in [0.1, 0.15) is 46.0 Å². The molecule has 1 rings (SSSR count). The molecular formula is C11H21N3O. The molecule has 1 aliphatic rings. The van der Waals surface area contributed by atoms with Crippen molar-refractivity contribution in [3.05, 3.63) is 0 Å². The average molecular weight is 211 g/mol. The van der Waals surface area contributed by atoms with Gasteiger partial charge < -0.3 is 5.73 Å². The summed E-state index contributed by atoms with van der Waals surface area (Å²) in [4.78, 5) is 10.6. The monoisotopic (exact) mass is 211 g/mol. The first-order valence-corrected chi connectivity index (χ1v) is 5.73. The normalized spacial score (nSPS) is 25.3. The maximum absolute atomic E-state index is 10.6. The van der Waals surface area contributed by atoms with Crippen LogP contribution in [0.4, 0.5) is 4.79 Å². The average Bonchev–Trinajstić information content (AvgIpc) is 2.39. The highest BCUT2D eigenvalue weighted by Gasteiger charge is 2.22. The third-order valence-corrected chi connectivity index (χ3v) is 2.99. The molecule has 1 unspecified atom stereocenters. The number of nitrogens with two attached hydrogens (primary N) is 1. The Morgan fingerprint density at radius 2 is 2.20 bits per heavy atom. The Morgan fingerprint density at radius 1 is 1.47 bits per heavy atom. The number of urea groups is 1. The predicted molar refractivity (Wildman–Crippen MR) is 61.6 cm³/mol. The first-order valence-electron chi connectivity index (χ1n) is 5.73. The number of carbonyl (C=O) groups is 1. The topological polar surface area (TPSA) is 67.5 Å². The first-order chi connectivity index (χ1) is 7.11. The van der Waals surface area contributed by atoms with Crippen molar-refractivity contribution in [2.24, 2.45) is 22.7 Å². The molecule has 0 radical (unpaired) electrons. The second-order valence-corrected chi connectivity index (χ2v) is 4.53. The summed E-state index contributed by atoms with van der Waals surface area (Å²) in [5.74, 6) is 1.08. The molecule has 2 amide bonds. The number of hydrogen-bond acceptors (Lipinski definition) is 2. The van der Waals surface area contributed by atoms with Gasteiger partial charge in [-0.3, -0.25) is 0 Å². The van der Waals surface area contributed by atoms with Gasteiger partial charge in [0, 0.05) is 11.6 Å². The Hall–Kier alpha value is -1.06. The van der Waals surface area contributed by atoms with Gasteiger partial charge in [0.05, 0.1) is 0 Å². The molecule has 1 atom stereocenters. The fourth-order valence-corrected chi connectivity index (χ4v) is 2.18. The molecule has 0 spiro atoms. The van der Waals surface area contributed by atoms with E-state index in [2.05, 4.69) is 24.4 Å². The maximum atomic E-state index is 10.6. The highest BCUT2D eigenvalue weighted by Crippen LogP contribution is 2.26. The molecule has 1 fully saturated rings. The lowest BCUT2D eigenvalue weighted by atomic mass is 9.87. The van der Waals surface area contributed by atoms with E-state index >= 15 is 0 Å². The van der Waals surface area contributed by atoms with Gasteiger partial charge in [-0.15, -0.1) is 0 Å². The van der Waals surface area contributed by atoms with Crippen molar-refractivity contribution in [2.45, 2.75) is 46.0 Å². The van der Waals surface area contributed by atoms with Gasteiger partial charge in [-0.05, 0) is 25.2 Å². The standard InChI is InChI=1S/C11H21N3O/c1-8(2)9-6-4-3-5-7-10(9)13-14-11(12)15/h8-9H,3-7H2,1-2H3,(H3,12,14,15). The smallest absolute Gasteiger partial charge is 0.332 e. The molecule has 0 aliphatic heterocycles. The summed E-state index contributed by atoms with van der Waals surface area (Å²) in [6.07, 6.45) is 5.86. The van der Waals surface area contributed by atoms with Gasteiger partial charge in [-0.1, -0.05) is 26.7 Å². The summed E-state index contributed by atoms with van der Waals surface area (Å²) in [5, 5.41) is 4.14. The van der Waals surface area contributed by atoms with Crippen molar-refractivity contribution >= 4 is 11.7 Å². The van der Waals surface area contributed by atoms with E-state index in [9.17, 15) is 4.79 Å². The van der Waals surface area contributed by atoms with Crippen LogP contribution in [0.3, 0.4) is 0 Å². The molecule has 0 saturated heterocycles. The molecule has 0 aromatic heterocycles. The molecule has 0 heterocycles. The van der Waals surface area contributed by atoms with Crippen molar-refractivity contribution in [3.63, 3.8) is 0 Å². The number of amides is 2. The van der Waals surface area contributed by atoms with E-state index in [1.807, 2.05) is 0 Å². The van der Waals surface area contributed by atoms with Crippen LogP contribution < -0.4 is 11.2 Å². The summed E-state index contributed by atoms with van der Waals surface area (Å²) in [7, 11) is 0. The van der Waals surface area contributed by atoms with Gasteiger partial charge in [0.1, 0.15) is 0 Å². The van der Waals surface area contributed by atoms with Crippen molar-refractivity contribution in [3.8, 4) is 0 Å². The minimum Gasteiger partial charge on any atom is -0.350 e. The van der Waals surface area contributed by atoms with E-state index in [4.69, 9.17) is 5.73 Å². The number of rotatable bonds is 2. The zero-order valence-corrected chi connectivity index (χ0v) is 9.62. The summed E-state index contributed by atoms with van der Waals surface area (Å²) >= 11 is 0. The van der Waals surface area contributed by atoms with Gasteiger partial charge in [0.2, 0.25) is 0 Å². The molecule has 86 valence electrons. The molecule has 0 aromatic rings. The van der Waals surface area contributed by atoms with E-state index in [0.717, 1.165) is 12.1 Å². The van der Waals surface area contributed by atoms with Crippen LogP contribution in [-0.2, 0) is 0 Å². The summed E-state index contributed by atoms with van der Waals surface area (Å²) < 4.78 is 0. The van der Waals surface area contributed by atoms with Crippen LogP contribution in [0.15, 0.2) is 5.10 Å². The third-order valence-electron chi connectivity index (χ3n) is 2.99. The van der Waals surface area contributed by atoms with E-state index in [-0.39, 0.29) is 0 Å². The van der Waals surface area contributed by atoms with E-state index < -0.39 is 6.03 Å². The van der Waals surface area contributed by atoms with Crippen LogP contribution in [0, 0.1) is 11.8 Å². The van der Waals surface area contributed by atoms with E-state index in [0.29, 0.717) is 11.8 Å². The summed E-state index contributed by atoms with van der Waals surface area (Å²) in [6.45, 7) is 4.41. The number of hydrazone groups is 1.